The van der Waals surface area contributed by atoms with Gasteiger partial charge in [-0.05, 0) is 56.4 Å². The average Bonchev–Trinajstić information content (AvgIpc) is 2.86. The molecule has 2 aliphatic rings. The number of hydrogen-bond acceptors (Lipinski definition) is 5. The predicted molar refractivity (Wildman–Crippen MR) is 135 cm³/mol. The van der Waals surface area contributed by atoms with Gasteiger partial charge in [0.15, 0.2) is 6.61 Å². The molecular weight excluding hydrogens is 442 g/mol. The van der Waals surface area contributed by atoms with E-state index in [1.807, 2.05) is 61.2 Å². The lowest BCUT2D eigenvalue weighted by Crippen LogP contribution is -2.55. The molecule has 6 nitrogen and oxygen atoms in total. The third-order valence-corrected chi connectivity index (χ3v) is 8.01. The number of aliphatic hydroxyl groups is 1. The highest BCUT2D eigenvalue weighted by molar-refractivity contribution is 5.86. The summed E-state index contributed by atoms with van der Waals surface area (Å²) in [5.41, 5.74) is 2.87. The Morgan fingerprint density at radius 3 is 2.71 bits per heavy atom. The average molecular weight is 476 g/mol. The second-order valence-electron chi connectivity index (χ2n) is 10.1. The van der Waals surface area contributed by atoms with Gasteiger partial charge in [-0.1, -0.05) is 43.2 Å². The molecule has 1 amide bonds. The van der Waals surface area contributed by atoms with Crippen molar-refractivity contribution < 1.29 is 19.1 Å². The fourth-order valence-electron chi connectivity index (χ4n) is 5.76. The van der Waals surface area contributed by atoms with Gasteiger partial charge in [-0.15, -0.1) is 0 Å². The topological polar surface area (TPSA) is 80.0 Å². The van der Waals surface area contributed by atoms with Crippen LogP contribution in [0.3, 0.4) is 0 Å². The third kappa shape index (κ3) is 4.59. The van der Waals surface area contributed by atoms with E-state index in [4.69, 9.17) is 9.15 Å². The number of aryl methyl sites for hydroxylation is 2. The minimum absolute atomic E-state index is 0.0760. The van der Waals surface area contributed by atoms with E-state index in [-0.39, 0.29) is 24.1 Å². The lowest BCUT2D eigenvalue weighted by molar-refractivity contribution is -0.145. The summed E-state index contributed by atoms with van der Waals surface area (Å²) in [6, 6.07) is 13.6. The fraction of sp³-hybridized carbons (Fsp3) is 0.448. The molecule has 2 fully saturated rings. The lowest BCUT2D eigenvalue weighted by Gasteiger charge is -2.47. The Labute approximate surface area is 205 Å². The minimum Gasteiger partial charge on any atom is -0.483 e. The number of ether oxygens (including phenoxy) is 1. The van der Waals surface area contributed by atoms with Crippen LogP contribution in [0.1, 0.15) is 54.4 Å². The molecule has 1 saturated heterocycles. The molecule has 1 N–H and O–H groups in total. The van der Waals surface area contributed by atoms with Crippen molar-refractivity contribution in [2.75, 3.05) is 19.7 Å². The van der Waals surface area contributed by atoms with Gasteiger partial charge in [0, 0.05) is 41.9 Å². The first-order chi connectivity index (χ1) is 16.9. The number of nitrogens with zero attached hydrogens (tertiary/aromatic N) is 1. The Morgan fingerprint density at radius 2 is 1.91 bits per heavy atom. The largest absolute Gasteiger partial charge is 0.483 e. The van der Waals surface area contributed by atoms with E-state index >= 15 is 0 Å². The molecule has 1 aliphatic carbocycles. The Kier molecular flexibility index (Phi) is 6.41. The second-order valence-corrected chi connectivity index (χ2v) is 10.1. The van der Waals surface area contributed by atoms with Crippen LogP contribution in [0.2, 0.25) is 0 Å². The van der Waals surface area contributed by atoms with Crippen molar-refractivity contribution in [3.05, 3.63) is 75.1 Å². The summed E-state index contributed by atoms with van der Waals surface area (Å²) >= 11 is 0. The maximum Gasteiger partial charge on any atom is 0.340 e. The van der Waals surface area contributed by atoms with Crippen molar-refractivity contribution in [2.45, 2.75) is 58.0 Å². The highest BCUT2D eigenvalue weighted by atomic mass is 16.5. The van der Waals surface area contributed by atoms with E-state index in [9.17, 15) is 14.7 Å². The smallest absolute Gasteiger partial charge is 0.340 e. The summed E-state index contributed by atoms with van der Waals surface area (Å²) in [4.78, 5) is 27.6. The van der Waals surface area contributed by atoms with Crippen molar-refractivity contribution in [1.82, 2.24) is 4.90 Å². The molecule has 5 rings (SSSR count). The van der Waals surface area contributed by atoms with Gasteiger partial charge in [-0.2, -0.15) is 0 Å². The highest BCUT2D eigenvalue weighted by Gasteiger charge is 2.43. The monoisotopic (exact) mass is 475 g/mol. The van der Waals surface area contributed by atoms with Gasteiger partial charge in [0.1, 0.15) is 11.3 Å². The number of carbonyl (C=O) groups excluding carboxylic acids is 1. The van der Waals surface area contributed by atoms with Crippen LogP contribution < -0.4 is 10.4 Å². The van der Waals surface area contributed by atoms with Crippen molar-refractivity contribution in [3.63, 3.8) is 0 Å². The van der Waals surface area contributed by atoms with Crippen LogP contribution in [-0.4, -0.2) is 41.2 Å². The zero-order chi connectivity index (χ0) is 24.6. The number of fused-ring (bicyclic) bond motifs is 2. The number of piperidine rings is 1. The first-order valence-corrected chi connectivity index (χ1v) is 12.6. The van der Waals surface area contributed by atoms with Crippen molar-refractivity contribution in [3.8, 4) is 5.75 Å². The molecule has 1 saturated carbocycles. The first-order valence-electron chi connectivity index (χ1n) is 12.6. The molecular formula is C29H33NO5. The molecule has 0 radical (unpaired) electrons. The van der Waals surface area contributed by atoms with Gasteiger partial charge in [0.05, 0.1) is 5.60 Å². The van der Waals surface area contributed by atoms with Crippen molar-refractivity contribution >= 4 is 16.9 Å². The molecule has 3 aromatic rings. The van der Waals surface area contributed by atoms with Gasteiger partial charge < -0.3 is 19.2 Å². The summed E-state index contributed by atoms with van der Waals surface area (Å²) in [7, 11) is 0. The molecule has 6 heteroatoms. The van der Waals surface area contributed by atoms with E-state index in [1.54, 1.807) is 0 Å². The normalized spacial score (nSPS) is 22.1. The molecule has 0 bridgehead atoms. The molecule has 2 unspecified atom stereocenters. The second kappa shape index (κ2) is 9.50. The molecule has 2 atom stereocenters. The Hall–Kier alpha value is -3.12. The quantitative estimate of drug-likeness (QED) is 0.549. The third-order valence-electron chi connectivity index (χ3n) is 8.01. The minimum atomic E-state index is -0.612. The molecule has 184 valence electrons. The Morgan fingerprint density at radius 1 is 1.11 bits per heavy atom. The maximum atomic E-state index is 12.9. The summed E-state index contributed by atoms with van der Waals surface area (Å²) in [5, 5.41) is 11.8. The van der Waals surface area contributed by atoms with Gasteiger partial charge >= 0.3 is 5.63 Å². The van der Waals surface area contributed by atoms with Crippen molar-refractivity contribution in [2.24, 2.45) is 5.92 Å². The van der Waals surface area contributed by atoms with E-state index in [0.717, 1.165) is 42.2 Å². The number of benzene rings is 2. The Bertz CT molecular complexity index is 1300. The van der Waals surface area contributed by atoms with Crippen LogP contribution in [-0.2, 0) is 11.2 Å². The summed E-state index contributed by atoms with van der Waals surface area (Å²) < 4.78 is 11.7. The predicted octanol–water partition coefficient (Wildman–Crippen LogP) is 4.53. The van der Waals surface area contributed by atoms with E-state index < -0.39 is 5.60 Å². The number of likely N-dealkylation sites (tertiary alicyclic amines) is 1. The van der Waals surface area contributed by atoms with Crippen LogP contribution in [0.5, 0.6) is 5.75 Å². The van der Waals surface area contributed by atoms with Crippen LogP contribution >= 0.6 is 0 Å². The number of rotatable bonds is 5. The SMILES string of the molecule is Cc1c(Cc2ccccc2)c(=O)oc2c(C)c(OCC(=O)N3CCC4(O)CCCCC4C3)ccc12. The summed E-state index contributed by atoms with van der Waals surface area (Å²) in [6.45, 7) is 4.87. The van der Waals surface area contributed by atoms with Gasteiger partial charge in [0.25, 0.3) is 5.91 Å². The van der Waals surface area contributed by atoms with E-state index in [0.29, 0.717) is 48.4 Å². The van der Waals surface area contributed by atoms with Gasteiger partial charge in [0.2, 0.25) is 0 Å². The highest BCUT2D eigenvalue weighted by Crippen LogP contribution is 2.39. The van der Waals surface area contributed by atoms with E-state index in [1.165, 1.54) is 0 Å². The maximum absolute atomic E-state index is 12.9. The number of carbonyl (C=O) groups is 1. The number of amides is 1. The molecule has 2 heterocycles. The Balaban J connectivity index is 1.31. The van der Waals surface area contributed by atoms with E-state index in [2.05, 4.69) is 0 Å². The zero-order valence-corrected chi connectivity index (χ0v) is 20.5. The number of hydrogen-bond donors (Lipinski definition) is 1. The fourth-order valence-corrected chi connectivity index (χ4v) is 5.76. The lowest BCUT2D eigenvalue weighted by atomic mass is 9.71. The van der Waals surface area contributed by atoms with Crippen LogP contribution in [0.25, 0.3) is 11.0 Å². The summed E-state index contributed by atoms with van der Waals surface area (Å²) in [5.74, 6) is 0.613. The molecule has 1 aromatic heterocycles. The molecule has 0 spiro atoms. The molecule has 35 heavy (non-hydrogen) atoms. The van der Waals surface area contributed by atoms with Gasteiger partial charge in [-0.25, -0.2) is 4.79 Å². The van der Waals surface area contributed by atoms with Crippen molar-refractivity contribution in [1.29, 1.82) is 0 Å². The zero-order valence-electron chi connectivity index (χ0n) is 20.5. The van der Waals surface area contributed by atoms with Crippen LogP contribution in [0, 0.1) is 19.8 Å². The first kappa shape index (κ1) is 23.6. The standard InChI is InChI=1S/C29H33NO5/c1-19-23-11-12-25(20(2)27(23)35-28(32)24(19)16-21-8-4-3-5-9-21)34-18-26(31)30-15-14-29(33)13-7-6-10-22(29)17-30/h3-5,8-9,11-12,22,33H,6-7,10,13-18H2,1-2H3. The molecule has 2 aromatic carbocycles. The summed E-state index contributed by atoms with van der Waals surface area (Å²) in [6.07, 6.45) is 5.13. The van der Waals surface area contributed by atoms with Gasteiger partial charge in [-0.3, -0.25) is 4.79 Å². The van der Waals surface area contributed by atoms with Crippen LogP contribution in [0.4, 0.5) is 0 Å². The molecule has 1 aliphatic heterocycles. The van der Waals surface area contributed by atoms with Crippen LogP contribution in [0.15, 0.2) is 51.7 Å².